The van der Waals surface area contributed by atoms with Crippen LogP contribution in [0.4, 0.5) is 0 Å². The van der Waals surface area contributed by atoms with E-state index in [9.17, 15) is 15.0 Å². The zero-order chi connectivity index (χ0) is 12.0. The SMILES string of the molecule is O=CC1c2cc(O)ccc2-c2ccc(O)cc21. The first-order valence-electron chi connectivity index (χ1n) is 5.32. The number of phenols is 2. The van der Waals surface area contributed by atoms with Gasteiger partial charge < -0.3 is 15.0 Å². The summed E-state index contributed by atoms with van der Waals surface area (Å²) in [4.78, 5) is 11.2. The van der Waals surface area contributed by atoms with E-state index in [0.717, 1.165) is 28.5 Å². The van der Waals surface area contributed by atoms with E-state index >= 15 is 0 Å². The fraction of sp³-hybridized carbons (Fsp3) is 0.0714. The van der Waals surface area contributed by atoms with Gasteiger partial charge in [0.25, 0.3) is 0 Å². The molecule has 0 atom stereocenters. The Morgan fingerprint density at radius 1 is 0.882 bits per heavy atom. The predicted molar refractivity (Wildman–Crippen MR) is 63.1 cm³/mol. The Kier molecular flexibility index (Phi) is 1.95. The Balaban J connectivity index is 2.32. The van der Waals surface area contributed by atoms with Crippen LogP contribution in [-0.4, -0.2) is 16.5 Å². The zero-order valence-electron chi connectivity index (χ0n) is 8.92. The van der Waals surface area contributed by atoms with Crippen molar-refractivity contribution in [1.82, 2.24) is 0 Å². The van der Waals surface area contributed by atoms with Gasteiger partial charge in [0.2, 0.25) is 0 Å². The van der Waals surface area contributed by atoms with E-state index in [0.29, 0.717) is 0 Å². The van der Waals surface area contributed by atoms with E-state index < -0.39 is 5.92 Å². The maximum absolute atomic E-state index is 11.2. The van der Waals surface area contributed by atoms with Gasteiger partial charge in [-0.15, -0.1) is 0 Å². The van der Waals surface area contributed by atoms with Gasteiger partial charge in [-0.1, -0.05) is 12.1 Å². The highest BCUT2D eigenvalue weighted by Crippen LogP contribution is 2.45. The van der Waals surface area contributed by atoms with Crippen molar-refractivity contribution in [2.24, 2.45) is 0 Å². The smallest absolute Gasteiger partial charge is 0.131 e. The van der Waals surface area contributed by atoms with Crippen molar-refractivity contribution in [3.63, 3.8) is 0 Å². The fourth-order valence-electron chi connectivity index (χ4n) is 2.42. The van der Waals surface area contributed by atoms with E-state index in [1.807, 2.05) is 0 Å². The molecule has 1 aliphatic carbocycles. The van der Waals surface area contributed by atoms with Crippen molar-refractivity contribution < 1.29 is 15.0 Å². The molecule has 3 heteroatoms. The highest BCUT2D eigenvalue weighted by molar-refractivity contribution is 5.88. The molecule has 0 amide bonds. The second-order valence-corrected chi connectivity index (χ2v) is 4.16. The maximum atomic E-state index is 11.2. The van der Waals surface area contributed by atoms with Crippen LogP contribution in [0.15, 0.2) is 36.4 Å². The van der Waals surface area contributed by atoms with Crippen LogP contribution < -0.4 is 0 Å². The molecule has 0 aromatic heterocycles. The quantitative estimate of drug-likeness (QED) is 0.734. The lowest BCUT2D eigenvalue weighted by atomic mass is 9.98. The standard InChI is InChI=1S/C14H10O3/c15-7-14-12-5-8(16)1-3-10(12)11-4-2-9(17)6-13(11)14/h1-7,14,16-17H. The zero-order valence-corrected chi connectivity index (χ0v) is 8.92. The highest BCUT2D eigenvalue weighted by atomic mass is 16.3. The number of hydrogen-bond acceptors (Lipinski definition) is 3. The summed E-state index contributed by atoms with van der Waals surface area (Å²) in [6.07, 6.45) is 0.837. The summed E-state index contributed by atoms with van der Waals surface area (Å²) in [5, 5.41) is 19.0. The van der Waals surface area contributed by atoms with Crippen LogP contribution in [0, 0.1) is 0 Å². The molecule has 2 N–H and O–H groups in total. The molecule has 1 aliphatic rings. The minimum Gasteiger partial charge on any atom is -0.508 e. The summed E-state index contributed by atoms with van der Waals surface area (Å²) in [5.41, 5.74) is 3.46. The van der Waals surface area contributed by atoms with Gasteiger partial charge in [-0.2, -0.15) is 0 Å². The Labute approximate surface area is 98.0 Å². The monoisotopic (exact) mass is 226 g/mol. The largest absolute Gasteiger partial charge is 0.508 e. The van der Waals surface area contributed by atoms with E-state index in [2.05, 4.69) is 0 Å². The first kappa shape index (κ1) is 9.90. The second-order valence-electron chi connectivity index (χ2n) is 4.16. The van der Waals surface area contributed by atoms with Crippen LogP contribution in [-0.2, 0) is 4.79 Å². The molecule has 0 bridgehead atoms. The number of benzene rings is 2. The molecule has 0 saturated heterocycles. The molecule has 0 spiro atoms. The number of phenolic OH excluding ortho intramolecular Hbond substituents is 2. The number of carbonyl (C=O) groups excluding carboxylic acids is 1. The summed E-state index contributed by atoms with van der Waals surface area (Å²) >= 11 is 0. The van der Waals surface area contributed by atoms with Crippen LogP contribution in [0.25, 0.3) is 11.1 Å². The number of carbonyl (C=O) groups is 1. The molecule has 0 unspecified atom stereocenters. The summed E-state index contributed by atoms with van der Waals surface area (Å²) in [6.45, 7) is 0. The van der Waals surface area contributed by atoms with Crippen LogP contribution in [0.1, 0.15) is 17.0 Å². The number of fused-ring (bicyclic) bond motifs is 3. The van der Waals surface area contributed by atoms with Gasteiger partial charge in [0.15, 0.2) is 0 Å². The molecule has 0 heterocycles. The van der Waals surface area contributed by atoms with Crippen molar-refractivity contribution in [1.29, 1.82) is 0 Å². The number of hydrogen-bond donors (Lipinski definition) is 2. The van der Waals surface area contributed by atoms with E-state index in [-0.39, 0.29) is 11.5 Å². The van der Waals surface area contributed by atoms with Crippen molar-refractivity contribution in [3.8, 4) is 22.6 Å². The summed E-state index contributed by atoms with van der Waals surface area (Å²) < 4.78 is 0. The molecular formula is C14H10O3. The third-order valence-electron chi connectivity index (χ3n) is 3.17. The molecule has 0 fully saturated rings. The predicted octanol–water partition coefficient (Wildman–Crippen LogP) is 2.41. The average Bonchev–Trinajstić information content (AvgIpc) is 2.60. The molecule has 2 aromatic carbocycles. The third kappa shape index (κ3) is 1.32. The molecule has 0 saturated carbocycles. The van der Waals surface area contributed by atoms with Gasteiger partial charge >= 0.3 is 0 Å². The molecule has 0 aliphatic heterocycles. The Hall–Kier alpha value is -2.29. The molecule has 3 nitrogen and oxygen atoms in total. The summed E-state index contributed by atoms with van der Waals surface area (Å²) in [5.74, 6) is -0.112. The molecule has 17 heavy (non-hydrogen) atoms. The van der Waals surface area contributed by atoms with Crippen molar-refractivity contribution >= 4 is 6.29 Å². The van der Waals surface area contributed by atoms with Gasteiger partial charge in [0.05, 0.1) is 5.92 Å². The van der Waals surface area contributed by atoms with E-state index in [1.165, 1.54) is 0 Å². The average molecular weight is 226 g/mol. The lowest BCUT2D eigenvalue weighted by Gasteiger charge is -2.05. The van der Waals surface area contributed by atoms with E-state index in [4.69, 9.17) is 0 Å². The van der Waals surface area contributed by atoms with Gasteiger partial charge in [-0.05, 0) is 46.5 Å². The molecule has 2 aromatic rings. The van der Waals surface area contributed by atoms with Gasteiger partial charge in [-0.3, -0.25) is 0 Å². The van der Waals surface area contributed by atoms with E-state index in [1.54, 1.807) is 36.4 Å². The fourth-order valence-corrected chi connectivity index (χ4v) is 2.42. The van der Waals surface area contributed by atoms with Crippen molar-refractivity contribution in [2.45, 2.75) is 5.92 Å². The molecular weight excluding hydrogens is 216 g/mol. The molecule has 84 valence electrons. The number of rotatable bonds is 1. The van der Waals surface area contributed by atoms with Gasteiger partial charge in [0, 0.05) is 0 Å². The first-order valence-corrected chi connectivity index (χ1v) is 5.32. The van der Waals surface area contributed by atoms with Crippen LogP contribution >= 0.6 is 0 Å². The lowest BCUT2D eigenvalue weighted by molar-refractivity contribution is -0.108. The van der Waals surface area contributed by atoms with Gasteiger partial charge in [-0.25, -0.2) is 0 Å². The Morgan fingerprint density at radius 2 is 1.35 bits per heavy atom. The molecule has 3 rings (SSSR count). The van der Waals surface area contributed by atoms with Crippen LogP contribution in [0.2, 0.25) is 0 Å². The first-order chi connectivity index (χ1) is 8.20. The summed E-state index contributed by atoms with van der Waals surface area (Å²) in [7, 11) is 0. The lowest BCUT2D eigenvalue weighted by Crippen LogP contribution is -1.96. The topological polar surface area (TPSA) is 57.5 Å². The number of aromatic hydroxyl groups is 2. The third-order valence-corrected chi connectivity index (χ3v) is 3.17. The molecule has 0 radical (unpaired) electrons. The van der Waals surface area contributed by atoms with Crippen molar-refractivity contribution in [2.75, 3.05) is 0 Å². The van der Waals surface area contributed by atoms with Crippen molar-refractivity contribution in [3.05, 3.63) is 47.5 Å². The number of aldehydes is 1. The van der Waals surface area contributed by atoms with Crippen LogP contribution in [0.3, 0.4) is 0 Å². The normalized spacial score (nSPS) is 13.2. The summed E-state index contributed by atoms with van der Waals surface area (Å²) in [6, 6.07) is 10.00. The minimum absolute atomic E-state index is 0.146. The van der Waals surface area contributed by atoms with Crippen LogP contribution in [0.5, 0.6) is 11.5 Å². The maximum Gasteiger partial charge on any atom is 0.131 e. The Morgan fingerprint density at radius 3 is 1.76 bits per heavy atom. The highest BCUT2D eigenvalue weighted by Gasteiger charge is 2.28. The minimum atomic E-state index is -0.404. The Bertz CT molecular complexity index is 565. The second kappa shape index (κ2) is 3.35. The van der Waals surface area contributed by atoms with Gasteiger partial charge in [0.1, 0.15) is 17.8 Å².